The zero-order valence-electron chi connectivity index (χ0n) is 24.4. The van der Waals surface area contributed by atoms with Gasteiger partial charge in [0.1, 0.15) is 11.3 Å². The van der Waals surface area contributed by atoms with Crippen molar-refractivity contribution in [2.45, 2.75) is 65.7 Å². The topological polar surface area (TPSA) is 101 Å². The molecule has 0 saturated heterocycles. The summed E-state index contributed by atoms with van der Waals surface area (Å²) in [5.41, 5.74) is 1.77. The first-order valence-corrected chi connectivity index (χ1v) is 16.4. The van der Waals surface area contributed by atoms with Crippen molar-refractivity contribution in [3.05, 3.63) is 53.6 Å². The number of nitrogens with zero attached hydrogens (tertiary/aromatic N) is 1. The van der Waals surface area contributed by atoms with Crippen LogP contribution in [0.25, 0.3) is 11.0 Å². The highest BCUT2D eigenvalue weighted by Crippen LogP contribution is 2.34. The molecule has 1 aromatic heterocycles. The quantitative estimate of drug-likeness (QED) is 0.119. The van der Waals surface area contributed by atoms with Gasteiger partial charge < -0.3 is 19.4 Å². The Bertz CT molecular complexity index is 1310. The molecule has 8 nitrogen and oxygen atoms in total. The smallest absolute Gasteiger partial charge is 0.229 e. The summed E-state index contributed by atoms with van der Waals surface area (Å²) < 4.78 is 38.0. The minimum Gasteiger partial charge on any atom is -0.494 e. The van der Waals surface area contributed by atoms with Crippen LogP contribution in [0.2, 0.25) is 0 Å². The van der Waals surface area contributed by atoms with Gasteiger partial charge in [0.05, 0.1) is 18.4 Å². The third-order valence-electron chi connectivity index (χ3n) is 6.69. The van der Waals surface area contributed by atoms with Crippen molar-refractivity contribution in [1.82, 2.24) is 4.90 Å². The van der Waals surface area contributed by atoms with Gasteiger partial charge >= 0.3 is 0 Å². The number of sulfonamides is 1. The number of benzene rings is 2. The molecule has 2 aromatic carbocycles. The number of ketones is 1. The molecule has 3 rings (SSSR count). The van der Waals surface area contributed by atoms with Crippen molar-refractivity contribution >= 4 is 38.3 Å². The summed E-state index contributed by atoms with van der Waals surface area (Å²) in [6.45, 7) is 11.1. The number of ether oxygens (including phenoxy) is 1. The molecular weight excluding hydrogens is 526 g/mol. The van der Waals surface area contributed by atoms with Gasteiger partial charge in [-0.05, 0) is 81.2 Å². The highest BCUT2D eigenvalue weighted by atomic mass is 32.2. The van der Waals surface area contributed by atoms with E-state index in [0.29, 0.717) is 46.8 Å². The SMILES string of the molecule is CCCCNc1oc2ccc(NS(C)(=O)=O)cc2c1C(=O)c1ccc(OCCCN(CCCC)CCCC)cc1. The number of carbonyl (C=O) groups excluding carboxylic acids is 1. The highest BCUT2D eigenvalue weighted by molar-refractivity contribution is 7.92. The molecule has 0 bridgehead atoms. The summed E-state index contributed by atoms with van der Waals surface area (Å²) in [6.07, 6.45) is 8.81. The highest BCUT2D eigenvalue weighted by Gasteiger charge is 2.23. The van der Waals surface area contributed by atoms with Gasteiger partial charge in [0, 0.05) is 29.7 Å². The van der Waals surface area contributed by atoms with Gasteiger partial charge in [-0.15, -0.1) is 0 Å². The lowest BCUT2D eigenvalue weighted by Gasteiger charge is -2.21. The molecule has 0 aliphatic rings. The Labute approximate surface area is 239 Å². The van der Waals surface area contributed by atoms with Gasteiger partial charge in [-0.3, -0.25) is 9.52 Å². The normalized spacial score (nSPS) is 11.7. The Morgan fingerprint density at radius 2 is 1.55 bits per heavy atom. The molecular formula is C31H45N3O5S. The maximum Gasteiger partial charge on any atom is 0.229 e. The van der Waals surface area contributed by atoms with E-state index in [9.17, 15) is 13.2 Å². The van der Waals surface area contributed by atoms with Crippen LogP contribution in [0.1, 0.15) is 81.6 Å². The number of nitrogens with one attached hydrogen (secondary N) is 2. The summed E-state index contributed by atoms with van der Waals surface area (Å²) in [5, 5.41) is 3.80. The molecule has 0 amide bonds. The van der Waals surface area contributed by atoms with E-state index >= 15 is 0 Å². The van der Waals surface area contributed by atoms with Crippen LogP contribution in [0.15, 0.2) is 46.9 Å². The number of carbonyl (C=O) groups is 1. The number of hydrogen-bond donors (Lipinski definition) is 2. The Morgan fingerprint density at radius 3 is 2.17 bits per heavy atom. The van der Waals surface area contributed by atoms with Crippen molar-refractivity contribution in [3.8, 4) is 5.75 Å². The van der Waals surface area contributed by atoms with E-state index in [4.69, 9.17) is 9.15 Å². The summed E-state index contributed by atoms with van der Waals surface area (Å²) in [4.78, 5) is 16.2. The van der Waals surface area contributed by atoms with Crippen LogP contribution < -0.4 is 14.8 Å². The predicted octanol–water partition coefficient (Wildman–Crippen LogP) is 6.92. The van der Waals surface area contributed by atoms with E-state index < -0.39 is 10.0 Å². The molecule has 0 saturated carbocycles. The number of unbranched alkanes of at least 4 members (excludes halogenated alkanes) is 3. The second kappa shape index (κ2) is 15.7. The number of anilines is 2. The monoisotopic (exact) mass is 571 g/mol. The molecule has 2 N–H and O–H groups in total. The first kappa shape index (κ1) is 31.5. The zero-order valence-corrected chi connectivity index (χ0v) is 25.2. The van der Waals surface area contributed by atoms with E-state index in [2.05, 4.69) is 35.7 Å². The van der Waals surface area contributed by atoms with Gasteiger partial charge in [-0.25, -0.2) is 8.42 Å². The fraction of sp³-hybridized carbons (Fsp3) is 0.516. The van der Waals surface area contributed by atoms with E-state index in [1.54, 1.807) is 30.3 Å². The maximum absolute atomic E-state index is 13.7. The van der Waals surface area contributed by atoms with Gasteiger partial charge in [-0.1, -0.05) is 40.0 Å². The number of fused-ring (bicyclic) bond motifs is 1. The number of hydrogen-bond acceptors (Lipinski definition) is 7. The second-order valence-corrected chi connectivity index (χ2v) is 12.0. The fourth-order valence-electron chi connectivity index (χ4n) is 4.53. The lowest BCUT2D eigenvalue weighted by atomic mass is 10.0. The molecule has 0 aliphatic carbocycles. The van der Waals surface area contributed by atoms with Crippen LogP contribution in [0.3, 0.4) is 0 Å². The average molecular weight is 572 g/mol. The average Bonchev–Trinajstić information content (AvgIpc) is 3.28. The second-order valence-electron chi connectivity index (χ2n) is 10.3. The molecule has 0 fully saturated rings. The third-order valence-corrected chi connectivity index (χ3v) is 7.30. The maximum atomic E-state index is 13.7. The van der Waals surface area contributed by atoms with E-state index in [1.807, 2.05) is 12.1 Å². The molecule has 0 unspecified atom stereocenters. The third kappa shape index (κ3) is 9.55. The largest absolute Gasteiger partial charge is 0.494 e. The fourth-order valence-corrected chi connectivity index (χ4v) is 5.08. The van der Waals surface area contributed by atoms with Crippen LogP contribution in [-0.2, 0) is 10.0 Å². The molecule has 0 radical (unpaired) electrons. The van der Waals surface area contributed by atoms with Crippen LogP contribution >= 0.6 is 0 Å². The van der Waals surface area contributed by atoms with Gasteiger partial charge in [0.2, 0.25) is 15.9 Å². The van der Waals surface area contributed by atoms with Crippen LogP contribution in [-0.4, -0.2) is 58.1 Å². The summed E-state index contributed by atoms with van der Waals surface area (Å²) in [7, 11) is -3.47. The summed E-state index contributed by atoms with van der Waals surface area (Å²) >= 11 is 0. The van der Waals surface area contributed by atoms with E-state index in [-0.39, 0.29) is 5.78 Å². The van der Waals surface area contributed by atoms with Gasteiger partial charge in [0.15, 0.2) is 5.78 Å². The number of rotatable bonds is 19. The first-order valence-electron chi connectivity index (χ1n) is 14.5. The Hall–Kier alpha value is -3.04. The van der Waals surface area contributed by atoms with Crippen LogP contribution in [0.5, 0.6) is 5.75 Å². The van der Waals surface area contributed by atoms with E-state index in [1.165, 1.54) is 25.7 Å². The Morgan fingerprint density at radius 1 is 0.900 bits per heavy atom. The minimum atomic E-state index is -3.47. The molecule has 0 atom stereocenters. The van der Waals surface area contributed by atoms with Crippen LogP contribution in [0.4, 0.5) is 11.6 Å². The van der Waals surface area contributed by atoms with Crippen molar-refractivity contribution < 1.29 is 22.4 Å². The Kier molecular flexibility index (Phi) is 12.3. The van der Waals surface area contributed by atoms with Crippen molar-refractivity contribution in [2.75, 3.05) is 49.1 Å². The lowest BCUT2D eigenvalue weighted by molar-refractivity contribution is 0.104. The lowest BCUT2D eigenvalue weighted by Crippen LogP contribution is -2.28. The minimum absolute atomic E-state index is 0.205. The van der Waals surface area contributed by atoms with Crippen molar-refractivity contribution in [1.29, 1.82) is 0 Å². The van der Waals surface area contributed by atoms with Crippen molar-refractivity contribution in [2.24, 2.45) is 0 Å². The predicted molar refractivity (Wildman–Crippen MR) is 164 cm³/mol. The standard InChI is InChI=1S/C31H45N3O5S/c1-5-8-18-32-31-29(27-23-25(33-40(4,36)37)14-17-28(27)39-31)30(35)24-12-15-26(16-13-24)38-22-11-21-34(19-9-6-2)20-10-7-3/h12-17,23,32-33H,5-11,18-22H2,1-4H3. The van der Waals surface area contributed by atoms with Gasteiger partial charge in [-0.2, -0.15) is 0 Å². The number of furan rings is 1. The van der Waals surface area contributed by atoms with Gasteiger partial charge in [0.25, 0.3) is 0 Å². The molecule has 3 aromatic rings. The molecule has 1 heterocycles. The molecule has 40 heavy (non-hydrogen) atoms. The van der Waals surface area contributed by atoms with Crippen molar-refractivity contribution in [3.63, 3.8) is 0 Å². The molecule has 9 heteroatoms. The molecule has 0 spiro atoms. The first-order chi connectivity index (χ1) is 19.3. The Balaban J connectivity index is 1.72. The summed E-state index contributed by atoms with van der Waals surface area (Å²) in [6, 6.07) is 12.1. The molecule has 220 valence electrons. The summed E-state index contributed by atoms with van der Waals surface area (Å²) in [5.74, 6) is 0.910. The van der Waals surface area contributed by atoms with E-state index in [0.717, 1.165) is 50.9 Å². The van der Waals surface area contributed by atoms with Crippen LogP contribution in [0, 0.1) is 0 Å². The molecule has 0 aliphatic heterocycles. The zero-order chi connectivity index (χ0) is 29.0.